The predicted molar refractivity (Wildman–Crippen MR) is 121 cm³/mol. The minimum atomic E-state index is -1.63. The molecule has 0 bridgehead atoms. The molecule has 3 aromatic rings. The minimum absolute atomic E-state index is 0.0474. The number of halogens is 2. The molecular weight excluding hydrogens is 450 g/mol. The van der Waals surface area contributed by atoms with Crippen LogP contribution in [0.25, 0.3) is 11.1 Å². The van der Waals surface area contributed by atoms with E-state index in [0.29, 0.717) is 22.6 Å². The molecule has 2 N–H and O–H groups in total. The van der Waals surface area contributed by atoms with Gasteiger partial charge in [0.1, 0.15) is 23.7 Å². The summed E-state index contributed by atoms with van der Waals surface area (Å²) in [4.78, 5) is 7.81. The molecule has 0 amide bonds. The average molecular weight is 479 g/mol. The molecule has 0 radical (unpaired) electrons. The Bertz CT molecular complexity index is 1150. The van der Waals surface area contributed by atoms with Gasteiger partial charge in [-0.3, -0.25) is 0 Å². The molecule has 3 rings (SSSR count). The maximum absolute atomic E-state index is 15.2. The van der Waals surface area contributed by atoms with Crippen molar-refractivity contribution in [3.05, 3.63) is 65.1 Å². The number of rotatable bonds is 7. The van der Waals surface area contributed by atoms with Gasteiger partial charge in [0.25, 0.3) is 0 Å². The molecule has 0 fully saturated rings. The van der Waals surface area contributed by atoms with E-state index in [0.717, 1.165) is 6.07 Å². The number of aliphatic hydroxyl groups is 1. The van der Waals surface area contributed by atoms with Crippen LogP contribution >= 0.6 is 0 Å². The Labute approximate surface area is 194 Å². The van der Waals surface area contributed by atoms with Gasteiger partial charge in [0.15, 0.2) is 0 Å². The second-order valence-electron chi connectivity index (χ2n) is 9.21. The predicted octanol–water partition coefficient (Wildman–Crippen LogP) is 4.42. The highest BCUT2D eigenvalue weighted by Crippen LogP contribution is 2.38. The van der Waals surface area contributed by atoms with Gasteiger partial charge < -0.3 is 9.63 Å². The van der Waals surface area contributed by atoms with Crippen LogP contribution < -0.4 is 4.72 Å². The summed E-state index contributed by atoms with van der Waals surface area (Å²) in [5.74, 6) is -1.18. The zero-order chi connectivity index (χ0) is 24.6. The first-order valence-corrected chi connectivity index (χ1v) is 11.5. The normalized spacial score (nSPS) is 15.8. The van der Waals surface area contributed by atoms with Crippen molar-refractivity contribution in [2.75, 3.05) is 0 Å². The van der Waals surface area contributed by atoms with E-state index in [1.165, 1.54) is 24.8 Å². The first kappa shape index (κ1) is 25.1. The lowest BCUT2D eigenvalue weighted by Crippen LogP contribution is -2.47. The first-order valence-electron chi connectivity index (χ1n) is 10.4. The molecule has 0 aliphatic carbocycles. The van der Waals surface area contributed by atoms with E-state index in [4.69, 9.17) is 4.52 Å². The van der Waals surface area contributed by atoms with Crippen LogP contribution in [-0.4, -0.2) is 29.2 Å². The lowest BCUT2D eigenvalue weighted by molar-refractivity contribution is 0.129. The third-order valence-electron chi connectivity index (χ3n) is 5.42. The molecule has 0 aliphatic heterocycles. The zero-order valence-corrected chi connectivity index (χ0v) is 20.3. The SMILES string of the molecule is Cc1noc(C)c1[C@H](O)CC(C)(NS(=O)C(C)(C)C)c1cc(-c2cncnc2)c(F)cc1F. The van der Waals surface area contributed by atoms with E-state index in [1.807, 2.05) is 0 Å². The number of nitrogens with one attached hydrogen (secondary N) is 1. The van der Waals surface area contributed by atoms with E-state index in [2.05, 4.69) is 19.8 Å². The molecule has 0 spiro atoms. The molecule has 0 aliphatic rings. The van der Waals surface area contributed by atoms with Crippen LogP contribution in [-0.2, 0) is 16.5 Å². The minimum Gasteiger partial charge on any atom is -0.388 e. The molecule has 3 atom stereocenters. The van der Waals surface area contributed by atoms with Crippen molar-refractivity contribution in [1.82, 2.24) is 19.8 Å². The second kappa shape index (κ2) is 9.36. The molecule has 178 valence electrons. The summed E-state index contributed by atoms with van der Waals surface area (Å²) < 4.78 is 50.4. The fourth-order valence-corrected chi connectivity index (χ4v) is 4.56. The van der Waals surface area contributed by atoms with Crippen molar-refractivity contribution in [3.8, 4) is 11.1 Å². The van der Waals surface area contributed by atoms with E-state index >= 15 is 4.39 Å². The molecule has 0 saturated carbocycles. The number of hydrogen-bond donors (Lipinski definition) is 2. The van der Waals surface area contributed by atoms with Gasteiger partial charge in [-0.1, -0.05) is 5.16 Å². The van der Waals surface area contributed by atoms with Gasteiger partial charge in [0.05, 0.1) is 33.1 Å². The van der Waals surface area contributed by atoms with E-state index in [9.17, 15) is 13.7 Å². The van der Waals surface area contributed by atoms with Gasteiger partial charge in [-0.2, -0.15) is 0 Å². The third kappa shape index (κ3) is 5.34. The average Bonchev–Trinajstić information content (AvgIpc) is 3.06. The molecule has 2 unspecified atom stereocenters. The van der Waals surface area contributed by atoms with Crippen molar-refractivity contribution < 1.29 is 22.6 Å². The van der Waals surface area contributed by atoms with Crippen LogP contribution in [0.4, 0.5) is 8.78 Å². The Balaban J connectivity index is 2.14. The molecule has 7 nitrogen and oxygen atoms in total. The van der Waals surface area contributed by atoms with E-state index in [1.54, 1.807) is 41.5 Å². The molecule has 2 heterocycles. The summed E-state index contributed by atoms with van der Waals surface area (Å²) in [5.41, 5.74) is 0.127. The van der Waals surface area contributed by atoms with Crippen LogP contribution in [0, 0.1) is 25.5 Å². The fraction of sp³-hybridized carbons (Fsp3) is 0.435. The van der Waals surface area contributed by atoms with Crippen LogP contribution in [0.2, 0.25) is 0 Å². The van der Waals surface area contributed by atoms with Crippen molar-refractivity contribution in [3.63, 3.8) is 0 Å². The van der Waals surface area contributed by atoms with Crippen molar-refractivity contribution in [2.24, 2.45) is 0 Å². The zero-order valence-electron chi connectivity index (χ0n) is 19.4. The van der Waals surface area contributed by atoms with Crippen LogP contribution in [0.15, 0.2) is 35.4 Å². The maximum atomic E-state index is 15.2. The number of aromatic nitrogens is 3. The molecular formula is C23H28F2N4O3S. The Morgan fingerprint density at radius 3 is 2.30 bits per heavy atom. The number of nitrogens with zero attached hydrogens (tertiary/aromatic N) is 3. The van der Waals surface area contributed by atoms with Crippen LogP contribution in [0.3, 0.4) is 0 Å². The standard InChI is InChI=1S/C23H28F2N4O3S/c1-13-21(14(2)32-28-13)20(30)9-23(6,29-33(31)22(3,4)5)17-7-16(18(24)8-19(17)25)15-10-26-12-27-11-15/h7-8,10-12,20,29-30H,9H2,1-6H3/t20-,23?,33?/m1/s1. The quantitative estimate of drug-likeness (QED) is 0.521. The molecule has 10 heteroatoms. The largest absolute Gasteiger partial charge is 0.388 e. The lowest BCUT2D eigenvalue weighted by Gasteiger charge is -2.36. The van der Waals surface area contributed by atoms with E-state index in [-0.39, 0.29) is 17.5 Å². The smallest absolute Gasteiger partial charge is 0.139 e. The lowest BCUT2D eigenvalue weighted by atomic mass is 9.83. The second-order valence-corrected chi connectivity index (χ2v) is 11.2. The van der Waals surface area contributed by atoms with Crippen molar-refractivity contribution in [2.45, 2.75) is 64.4 Å². The highest BCUT2D eigenvalue weighted by molar-refractivity contribution is 7.84. The van der Waals surface area contributed by atoms with Crippen molar-refractivity contribution in [1.29, 1.82) is 0 Å². The number of benzene rings is 1. The summed E-state index contributed by atoms with van der Waals surface area (Å²) in [6.07, 6.45) is 2.96. The topological polar surface area (TPSA) is 101 Å². The monoisotopic (exact) mass is 478 g/mol. The number of aliphatic hydroxyl groups excluding tert-OH is 1. The summed E-state index contributed by atoms with van der Waals surface area (Å²) in [5, 5.41) is 14.9. The molecule has 33 heavy (non-hydrogen) atoms. The van der Waals surface area contributed by atoms with Crippen LogP contribution in [0.1, 0.15) is 62.8 Å². The fourth-order valence-electron chi connectivity index (χ4n) is 3.65. The van der Waals surface area contributed by atoms with Crippen molar-refractivity contribution >= 4 is 11.0 Å². The molecule has 1 aromatic carbocycles. The van der Waals surface area contributed by atoms with Gasteiger partial charge in [-0.15, -0.1) is 0 Å². The van der Waals surface area contributed by atoms with Gasteiger partial charge in [0.2, 0.25) is 0 Å². The Morgan fingerprint density at radius 2 is 1.76 bits per heavy atom. The Kier molecular flexibility index (Phi) is 7.11. The summed E-state index contributed by atoms with van der Waals surface area (Å²) in [6.45, 7) is 10.3. The van der Waals surface area contributed by atoms with Gasteiger partial charge in [-0.25, -0.2) is 27.7 Å². The number of hydrogen-bond acceptors (Lipinski definition) is 6. The third-order valence-corrected chi connectivity index (χ3v) is 7.17. The summed E-state index contributed by atoms with van der Waals surface area (Å²) in [6, 6.07) is 2.12. The Morgan fingerprint density at radius 1 is 1.12 bits per heavy atom. The Hall–Kier alpha value is -2.56. The summed E-state index contributed by atoms with van der Waals surface area (Å²) >= 11 is 0. The highest BCUT2D eigenvalue weighted by Gasteiger charge is 2.38. The van der Waals surface area contributed by atoms with Crippen LogP contribution in [0.5, 0.6) is 0 Å². The van der Waals surface area contributed by atoms with E-state index < -0.39 is 39.0 Å². The van der Waals surface area contributed by atoms with Gasteiger partial charge >= 0.3 is 0 Å². The highest BCUT2D eigenvalue weighted by atomic mass is 32.2. The van der Waals surface area contributed by atoms with Gasteiger partial charge in [0, 0.05) is 47.1 Å². The summed E-state index contributed by atoms with van der Waals surface area (Å²) in [7, 11) is -1.63. The molecule has 2 aromatic heterocycles. The first-order chi connectivity index (χ1) is 15.3. The maximum Gasteiger partial charge on any atom is 0.139 e. The molecule has 0 saturated heterocycles. The van der Waals surface area contributed by atoms with Gasteiger partial charge in [-0.05, 0) is 47.6 Å². The number of aryl methyl sites for hydroxylation is 2.